The highest BCUT2D eigenvalue weighted by Gasteiger charge is 2.21. The van der Waals surface area contributed by atoms with Crippen LogP contribution >= 0.6 is 11.6 Å². The molecule has 0 fully saturated rings. The standard InChI is InChI=1S/C23H26ClN5O2/c1-23(2,3)18-15-20(29(28-18)19-7-4-5-13-25-19)27-21(30)8-6-14-26-22(31)16-9-11-17(24)12-10-16/h4-5,7,9-13,15H,6,8,14H2,1-3H3,(H,26,31)(H,27,30). The second-order valence-corrected chi connectivity index (χ2v) is 8.62. The van der Waals surface area contributed by atoms with Gasteiger partial charge in [-0.15, -0.1) is 0 Å². The van der Waals surface area contributed by atoms with E-state index >= 15 is 0 Å². The van der Waals surface area contributed by atoms with E-state index in [1.165, 1.54) is 0 Å². The first-order valence-electron chi connectivity index (χ1n) is 10.1. The molecule has 0 atom stereocenters. The highest BCUT2D eigenvalue weighted by Crippen LogP contribution is 2.25. The molecule has 0 unspecified atom stereocenters. The van der Waals surface area contributed by atoms with Gasteiger partial charge in [-0.3, -0.25) is 9.59 Å². The summed E-state index contributed by atoms with van der Waals surface area (Å²) in [5, 5.41) is 10.9. The Hall–Kier alpha value is -3.19. The first kappa shape index (κ1) is 22.5. The van der Waals surface area contributed by atoms with E-state index < -0.39 is 0 Å². The molecule has 162 valence electrons. The second kappa shape index (κ2) is 9.75. The lowest BCUT2D eigenvalue weighted by Gasteiger charge is -2.13. The van der Waals surface area contributed by atoms with Gasteiger partial charge in [0.05, 0.1) is 5.69 Å². The normalized spacial score (nSPS) is 11.2. The molecule has 2 aromatic heterocycles. The van der Waals surface area contributed by atoms with Crippen LogP contribution < -0.4 is 10.6 Å². The van der Waals surface area contributed by atoms with Gasteiger partial charge in [0.1, 0.15) is 5.82 Å². The number of hydrogen-bond donors (Lipinski definition) is 2. The number of benzene rings is 1. The van der Waals surface area contributed by atoms with Crippen LogP contribution in [0.1, 0.15) is 49.7 Å². The van der Waals surface area contributed by atoms with Gasteiger partial charge in [0.15, 0.2) is 5.82 Å². The van der Waals surface area contributed by atoms with Gasteiger partial charge in [-0.1, -0.05) is 38.4 Å². The molecule has 0 aliphatic carbocycles. The quantitative estimate of drug-likeness (QED) is 0.535. The van der Waals surface area contributed by atoms with Crippen LogP contribution in [-0.4, -0.2) is 33.1 Å². The molecule has 0 saturated carbocycles. The number of halogens is 1. The van der Waals surface area contributed by atoms with Crippen molar-refractivity contribution < 1.29 is 9.59 Å². The van der Waals surface area contributed by atoms with E-state index in [1.807, 2.05) is 24.3 Å². The summed E-state index contributed by atoms with van der Waals surface area (Å²) in [4.78, 5) is 29.0. The number of pyridine rings is 1. The molecule has 7 nitrogen and oxygen atoms in total. The highest BCUT2D eigenvalue weighted by atomic mass is 35.5. The lowest BCUT2D eigenvalue weighted by molar-refractivity contribution is -0.116. The fraction of sp³-hybridized carbons (Fsp3) is 0.304. The van der Waals surface area contributed by atoms with Crippen LogP contribution in [0.25, 0.3) is 5.82 Å². The Morgan fingerprint density at radius 2 is 1.84 bits per heavy atom. The number of aromatic nitrogens is 3. The Morgan fingerprint density at radius 1 is 1.10 bits per heavy atom. The van der Waals surface area contributed by atoms with E-state index in [0.717, 1.165) is 5.69 Å². The number of anilines is 1. The van der Waals surface area contributed by atoms with Crippen molar-refractivity contribution in [2.45, 2.75) is 39.0 Å². The maximum absolute atomic E-state index is 12.5. The summed E-state index contributed by atoms with van der Waals surface area (Å²) < 4.78 is 1.64. The molecule has 1 aromatic carbocycles. The lowest BCUT2D eigenvalue weighted by Crippen LogP contribution is -2.25. The molecule has 0 aliphatic rings. The summed E-state index contributed by atoms with van der Waals surface area (Å²) in [6, 6.07) is 14.1. The zero-order valence-corrected chi connectivity index (χ0v) is 18.6. The third-order valence-corrected chi connectivity index (χ3v) is 4.84. The Balaban J connectivity index is 1.58. The van der Waals surface area contributed by atoms with Gasteiger partial charge < -0.3 is 10.6 Å². The zero-order valence-electron chi connectivity index (χ0n) is 17.9. The summed E-state index contributed by atoms with van der Waals surface area (Å²) in [6.07, 6.45) is 2.46. The summed E-state index contributed by atoms with van der Waals surface area (Å²) in [5.74, 6) is 0.848. The van der Waals surface area contributed by atoms with Crippen LogP contribution in [0, 0.1) is 0 Å². The summed E-state index contributed by atoms with van der Waals surface area (Å²) in [6.45, 7) is 6.58. The van der Waals surface area contributed by atoms with E-state index in [4.69, 9.17) is 11.6 Å². The third kappa shape index (κ3) is 6.15. The molecule has 2 heterocycles. The minimum atomic E-state index is -0.194. The van der Waals surface area contributed by atoms with Crippen molar-refractivity contribution in [2.24, 2.45) is 0 Å². The summed E-state index contributed by atoms with van der Waals surface area (Å²) >= 11 is 5.83. The van der Waals surface area contributed by atoms with Gasteiger partial charge in [-0.2, -0.15) is 9.78 Å². The van der Waals surface area contributed by atoms with Crippen LogP contribution in [0.15, 0.2) is 54.7 Å². The fourth-order valence-electron chi connectivity index (χ4n) is 2.85. The first-order chi connectivity index (χ1) is 14.7. The lowest BCUT2D eigenvalue weighted by atomic mass is 9.92. The minimum absolute atomic E-state index is 0.154. The van der Waals surface area contributed by atoms with E-state index in [9.17, 15) is 9.59 Å². The van der Waals surface area contributed by atoms with Gasteiger partial charge in [0.25, 0.3) is 5.91 Å². The Morgan fingerprint density at radius 3 is 2.48 bits per heavy atom. The first-order valence-corrected chi connectivity index (χ1v) is 10.5. The molecule has 8 heteroatoms. The molecule has 2 amide bonds. The van der Waals surface area contributed by atoms with Crippen LogP contribution in [0.4, 0.5) is 5.82 Å². The molecule has 0 saturated heterocycles. The monoisotopic (exact) mass is 439 g/mol. The topological polar surface area (TPSA) is 88.9 Å². The average Bonchev–Trinajstić information content (AvgIpc) is 3.16. The Labute approximate surface area is 186 Å². The van der Waals surface area contributed by atoms with Crippen molar-refractivity contribution in [3.63, 3.8) is 0 Å². The molecular formula is C23H26ClN5O2. The number of amides is 2. The number of carbonyl (C=O) groups is 2. The van der Waals surface area contributed by atoms with Crippen LogP contribution in [0.5, 0.6) is 0 Å². The van der Waals surface area contributed by atoms with Crippen LogP contribution in [-0.2, 0) is 10.2 Å². The summed E-state index contributed by atoms with van der Waals surface area (Å²) in [5.41, 5.74) is 1.21. The minimum Gasteiger partial charge on any atom is -0.352 e. The third-order valence-electron chi connectivity index (χ3n) is 4.58. The molecule has 0 spiro atoms. The largest absolute Gasteiger partial charge is 0.352 e. The van der Waals surface area contributed by atoms with Gasteiger partial charge in [0.2, 0.25) is 5.91 Å². The number of nitrogens with zero attached hydrogens (tertiary/aromatic N) is 3. The maximum atomic E-state index is 12.5. The van der Waals surface area contributed by atoms with E-state index in [1.54, 1.807) is 35.1 Å². The van der Waals surface area contributed by atoms with Crippen molar-refractivity contribution in [3.05, 3.63) is 71.0 Å². The molecule has 3 rings (SSSR count). The van der Waals surface area contributed by atoms with Crippen molar-refractivity contribution >= 4 is 29.2 Å². The number of hydrogen-bond acceptors (Lipinski definition) is 4. The highest BCUT2D eigenvalue weighted by molar-refractivity contribution is 6.30. The average molecular weight is 440 g/mol. The van der Waals surface area contributed by atoms with E-state index in [2.05, 4.69) is 41.5 Å². The SMILES string of the molecule is CC(C)(C)c1cc(NC(=O)CCCNC(=O)c2ccc(Cl)cc2)n(-c2ccccn2)n1. The van der Waals surface area contributed by atoms with Crippen molar-refractivity contribution in [3.8, 4) is 5.82 Å². The number of nitrogens with one attached hydrogen (secondary N) is 2. The molecule has 0 bridgehead atoms. The summed E-state index contributed by atoms with van der Waals surface area (Å²) in [7, 11) is 0. The molecular weight excluding hydrogens is 414 g/mol. The van der Waals surface area contributed by atoms with Gasteiger partial charge in [-0.05, 0) is 42.8 Å². The zero-order chi connectivity index (χ0) is 22.4. The molecule has 2 N–H and O–H groups in total. The van der Waals surface area contributed by atoms with Gasteiger partial charge >= 0.3 is 0 Å². The van der Waals surface area contributed by atoms with Gasteiger partial charge in [-0.25, -0.2) is 4.98 Å². The fourth-order valence-corrected chi connectivity index (χ4v) is 2.98. The van der Waals surface area contributed by atoms with Crippen LogP contribution in [0.3, 0.4) is 0 Å². The number of rotatable bonds is 7. The molecule has 0 aliphatic heterocycles. The predicted molar refractivity (Wildman–Crippen MR) is 122 cm³/mol. The molecule has 0 radical (unpaired) electrons. The molecule has 31 heavy (non-hydrogen) atoms. The van der Waals surface area contributed by atoms with Crippen molar-refractivity contribution in [2.75, 3.05) is 11.9 Å². The van der Waals surface area contributed by atoms with E-state index in [0.29, 0.717) is 35.2 Å². The second-order valence-electron chi connectivity index (χ2n) is 8.18. The smallest absolute Gasteiger partial charge is 0.251 e. The van der Waals surface area contributed by atoms with Crippen molar-refractivity contribution in [1.82, 2.24) is 20.1 Å². The van der Waals surface area contributed by atoms with E-state index in [-0.39, 0.29) is 23.7 Å². The Kier molecular flexibility index (Phi) is 7.07. The molecule has 3 aromatic rings. The van der Waals surface area contributed by atoms with Crippen LogP contribution in [0.2, 0.25) is 5.02 Å². The van der Waals surface area contributed by atoms with Crippen molar-refractivity contribution in [1.29, 1.82) is 0 Å². The Bertz CT molecular complexity index is 1040. The maximum Gasteiger partial charge on any atom is 0.251 e. The number of carbonyl (C=O) groups excluding carboxylic acids is 2. The van der Waals surface area contributed by atoms with Gasteiger partial charge in [0, 0.05) is 41.2 Å². The predicted octanol–water partition coefficient (Wildman–Crippen LogP) is 4.37.